The van der Waals surface area contributed by atoms with Crippen LogP contribution in [-0.4, -0.2) is 16.2 Å². The van der Waals surface area contributed by atoms with Gasteiger partial charge in [-0.2, -0.15) is 0 Å². The van der Waals surface area contributed by atoms with Crippen molar-refractivity contribution in [2.24, 2.45) is 0 Å². The molecule has 3 nitrogen and oxygen atoms in total. The van der Waals surface area contributed by atoms with E-state index < -0.39 is 0 Å². The highest BCUT2D eigenvalue weighted by Gasteiger charge is 2.06. The van der Waals surface area contributed by atoms with Gasteiger partial charge >= 0.3 is 0 Å². The van der Waals surface area contributed by atoms with Crippen molar-refractivity contribution < 1.29 is 9.13 Å². The summed E-state index contributed by atoms with van der Waals surface area (Å²) in [6.45, 7) is 1.13. The fourth-order valence-electron chi connectivity index (χ4n) is 2.39. The number of para-hydroxylation sites is 1. The largest absolute Gasteiger partial charge is 0.493 e. The molecule has 118 valence electrons. The maximum atomic E-state index is 13.5. The Morgan fingerprint density at radius 3 is 2.74 bits per heavy atom. The molecule has 1 heterocycles. The van der Waals surface area contributed by atoms with Crippen LogP contribution in [0.4, 0.5) is 4.39 Å². The number of nitrogens with zero attached hydrogens (tertiary/aromatic N) is 2. The van der Waals surface area contributed by atoms with Crippen molar-refractivity contribution in [3.63, 3.8) is 0 Å². The van der Waals surface area contributed by atoms with E-state index in [2.05, 4.69) is 20.9 Å². The van der Waals surface area contributed by atoms with Crippen LogP contribution in [0.1, 0.15) is 11.4 Å². The van der Waals surface area contributed by atoms with Gasteiger partial charge in [-0.25, -0.2) is 9.37 Å². The number of benzene rings is 2. The summed E-state index contributed by atoms with van der Waals surface area (Å²) in [6, 6.07) is 14.6. The van der Waals surface area contributed by atoms with Crippen molar-refractivity contribution in [1.82, 2.24) is 9.55 Å². The Bertz CT molecular complexity index is 753. The van der Waals surface area contributed by atoms with Crippen LogP contribution in [0.25, 0.3) is 0 Å². The fraction of sp³-hybridized carbons (Fsp3) is 0.167. The zero-order valence-electron chi connectivity index (χ0n) is 12.5. The van der Waals surface area contributed by atoms with Gasteiger partial charge in [0, 0.05) is 29.8 Å². The lowest BCUT2D eigenvalue weighted by atomic mass is 10.2. The molecule has 0 fully saturated rings. The summed E-state index contributed by atoms with van der Waals surface area (Å²) < 4.78 is 21.9. The Hall–Kier alpha value is -2.14. The Morgan fingerprint density at radius 1 is 1.13 bits per heavy atom. The maximum Gasteiger partial charge on any atom is 0.124 e. The Morgan fingerprint density at radius 2 is 1.96 bits per heavy atom. The highest BCUT2D eigenvalue weighted by Crippen LogP contribution is 2.16. The van der Waals surface area contributed by atoms with Crippen LogP contribution in [0, 0.1) is 5.82 Å². The predicted octanol–water partition coefficient (Wildman–Crippen LogP) is 4.45. The van der Waals surface area contributed by atoms with Crippen LogP contribution in [-0.2, 0) is 13.0 Å². The van der Waals surface area contributed by atoms with Gasteiger partial charge < -0.3 is 9.30 Å². The van der Waals surface area contributed by atoms with Crippen LogP contribution in [0.5, 0.6) is 5.75 Å². The van der Waals surface area contributed by atoms with Gasteiger partial charge in [0.1, 0.15) is 17.4 Å². The van der Waals surface area contributed by atoms with E-state index in [1.165, 1.54) is 12.1 Å². The molecule has 2 aromatic carbocycles. The third-order valence-corrected chi connectivity index (χ3v) is 3.87. The van der Waals surface area contributed by atoms with Gasteiger partial charge in [-0.1, -0.05) is 34.1 Å². The van der Waals surface area contributed by atoms with Crippen molar-refractivity contribution in [3.8, 4) is 5.75 Å². The van der Waals surface area contributed by atoms with Gasteiger partial charge in [0.15, 0.2) is 0 Å². The molecule has 0 aliphatic heterocycles. The minimum absolute atomic E-state index is 0.247. The molecule has 0 unspecified atom stereocenters. The molecule has 5 heteroatoms. The van der Waals surface area contributed by atoms with Gasteiger partial charge in [0.05, 0.1) is 6.61 Å². The van der Waals surface area contributed by atoms with Gasteiger partial charge in [-0.15, -0.1) is 0 Å². The summed E-state index contributed by atoms with van der Waals surface area (Å²) in [5.74, 6) is 1.52. The van der Waals surface area contributed by atoms with Crippen molar-refractivity contribution in [3.05, 3.63) is 82.6 Å². The lowest BCUT2D eigenvalue weighted by molar-refractivity contribution is 0.317. The zero-order valence-corrected chi connectivity index (χ0v) is 14.0. The van der Waals surface area contributed by atoms with E-state index in [1.54, 1.807) is 6.20 Å². The summed E-state index contributed by atoms with van der Waals surface area (Å²) in [5.41, 5.74) is 0.889. The average molecular weight is 375 g/mol. The highest BCUT2D eigenvalue weighted by atomic mass is 79.9. The number of aromatic nitrogens is 2. The monoisotopic (exact) mass is 374 g/mol. The van der Waals surface area contributed by atoms with E-state index in [9.17, 15) is 4.39 Å². The van der Waals surface area contributed by atoms with Crippen molar-refractivity contribution in [2.45, 2.75) is 13.0 Å². The average Bonchev–Trinajstić information content (AvgIpc) is 2.94. The third-order valence-electron chi connectivity index (χ3n) is 3.41. The van der Waals surface area contributed by atoms with Crippen LogP contribution in [0.15, 0.2) is 65.4 Å². The second-order valence-corrected chi connectivity index (χ2v) is 6.08. The van der Waals surface area contributed by atoms with Crippen LogP contribution >= 0.6 is 15.9 Å². The number of halogens is 2. The maximum absolute atomic E-state index is 13.5. The summed E-state index contributed by atoms with van der Waals surface area (Å²) >= 11 is 3.32. The predicted molar refractivity (Wildman–Crippen MR) is 91.1 cm³/mol. The first-order valence-corrected chi connectivity index (χ1v) is 8.13. The quantitative estimate of drug-likeness (QED) is 0.636. The normalized spacial score (nSPS) is 10.7. The molecule has 0 radical (unpaired) electrons. The molecule has 0 saturated carbocycles. The van der Waals surface area contributed by atoms with Crippen molar-refractivity contribution in [1.29, 1.82) is 0 Å². The molecule has 0 amide bonds. The van der Waals surface area contributed by atoms with Crippen molar-refractivity contribution in [2.75, 3.05) is 6.61 Å². The number of hydrogen-bond donors (Lipinski definition) is 0. The van der Waals surface area contributed by atoms with Gasteiger partial charge in [-0.05, 0) is 35.9 Å². The molecular formula is C18H16BrFN2O. The summed E-state index contributed by atoms with van der Waals surface area (Å²) in [7, 11) is 0. The molecule has 1 aromatic heterocycles. The molecule has 0 saturated heterocycles. The second kappa shape index (κ2) is 7.42. The second-order valence-electron chi connectivity index (χ2n) is 5.16. The van der Waals surface area contributed by atoms with Gasteiger partial charge in [-0.3, -0.25) is 0 Å². The molecular weight excluding hydrogens is 359 g/mol. The van der Waals surface area contributed by atoms with Gasteiger partial charge in [0.25, 0.3) is 0 Å². The van der Waals surface area contributed by atoms with Crippen LogP contribution in [0.3, 0.4) is 0 Å². The first-order valence-electron chi connectivity index (χ1n) is 7.33. The summed E-state index contributed by atoms with van der Waals surface area (Å²) in [5, 5.41) is 0. The SMILES string of the molecule is Fc1cc(Br)cc(Cn2ccnc2CCOc2ccccc2)c1. The molecule has 23 heavy (non-hydrogen) atoms. The molecule has 0 aliphatic carbocycles. The Kier molecular flexibility index (Phi) is 5.08. The first kappa shape index (κ1) is 15.7. The lowest BCUT2D eigenvalue weighted by Crippen LogP contribution is -2.09. The Balaban J connectivity index is 1.63. The number of rotatable bonds is 6. The smallest absolute Gasteiger partial charge is 0.124 e. The van der Waals surface area contributed by atoms with Gasteiger partial charge in [0.2, 0.25) is 0 Å². The van der Waals surface area contributed by atoms with E-state index in [1.807, 2.05) is 47.2 Å². The topological polar surface area (TPSA) is 27.1 Å². The number of hydrogen-bond acceptors (Lipinski definition) is 2. The summed E-state index contributed by atoms with van der Waals surface area (Å²) in [4.78, 5) is 4.37. The molecule has 0 bridgehead atoms. The molecule has 3 rings (SSSR count). The molecule has 0 atom stereocenters. The Labute approximate surface area is 142 Å². The minimum Gasteiger partial charge on any atom is -0.493 e. The van der Waals surface area contributed by atoms with E-state index in [0.717, 1.165) is 21.6 Å². The van der Waals surface area contributed by atoms with E-state index >= 15 is 0 Å². The minimum atomic E-state index is -0.247. The molecule has 3 aromatic rings. The number of ether oxygens (including phenoxy) is 1. The lowest BCUT2D eigenvalue weighted by Gasteiger charge is -2.10. The fourth-order valence-corrected chi connectivity index (χ4v) is 2.90. The highest BCUT2D eigenvalue weighted by molar-refractivity contribution is 9.10. The van der Waals surface area contributed by atoms with E-state index in [4.69, 9.17) is 4.74 Å². The van der Waals surface area contributed by atoms with Crippen molar-refractivity contribution >= 4 is 15.9 Å². The molecule has 0 spiro atoms. The van der Waals surface area contributed by atoms with Crippen LogP contribution in [0.2, 0.25) is 0 Å². The standard InChI is InChI=1S/C18H16BrFN2O/c19-15-10-14(11-16(20)12-15)13-22-8-7-21-18(22)6-9-23-17-4-2-1-3-5-17/h1-5,7-8,10-12H,6,9,13H2. The molecule has 0 aliphatic rings. The first-order chi connectivity index (χ1) is 11.2. The van der Waals surface area contributed by atoms with Crippen LogP contribution < -0.4 is 4.74 Å². The molecule has 0 N–H and O–H groups in total. The van der Waals surface area contributed by atoms with E-state index in [0.29, 0.717) is 19.6 Å². The third kappa shape index (κ3) is 4.42. The summed E-state index contributed by atoms with van der Waals surface area (Å²) in [6.07, 6.45) is 4.35. The van der Waals surface area contributed by atoms with E-state index in [-0.39, 0.29) is 5.82 Å². The number of imidazole rings is 1. The zero-order chi connectivity index (χ0) is 16.1.